The average molecular weight is 369 g/mol. The Labute approximate surface area is 131 Å². The molecule has 0 N–H and O–H groups in total. The molecular formula is C15H17ClNSb+4. The summed E-state index contributed by atoms with van der Waals surface area (Å²) in [6.07, 6.45) is 0. The molecule has 0 fully saturated rings. The second kappa shape index (κ2) is 6.61. The van der Waals surface area contributed by atoms with Gasteiger partial charge in [-0.3, -0.25) is 4.48 Å². The molecule has 0 atom stereocenters. The van der Waals surface area contributed by atoms with Gasteiger partial charge in [-0.05, 0) is 24.3 Å². The predicted molar refractivity (Wildman–Crippen MR) is 81.0 cm³/mol. The van der Waals surface area contributed by atoms with Gasteiger partial charge < -0.3 is 0 Å². The maximum absolute atomic E-state index is 5.89. The number of quaternary nitrogens is 1. The van der Waals surface area contributed by atoms with Crippen LogP contribution in [0.2, 0.25) is 5.02 Å². The van der Waals surface area contributed by atoms with E-state index in [-0.39, 0.29) is 24.4 Å². The monoisotopic (exact) mass is 367 g/mol. The summed E-state index contributed by atoms with van der Waals surface area (Å²) in [5.74, 6) is 0. The minimum atomic E-state index is 0. The van der Waals surface area contributed by atoms with E-state index in [9.17, 15) is 0 Å². The van der Waals surface area contributed by atoms with E-state index in [2.05, 4.69) is 50.5 Å². The van der Waals surface area contributed by atoms with Crippen LogP contribution in [-0.4, -0.2) is 38.5 Å². The van der Waals surface area contributed by atoms with Crippen molar-refractivity contribution in [3.63, 3.8) is 0 Å². The van der Waals surface area contributed by atoms with Gasteiger partial charge in [0.05, 0.1) is 14.1 Å². The zero-order valence-electron chi connectivity index (χ0n) is 10.7. The van der Waals surface area contributed by atoms with Crippen LogP contribution in [0.3, 0.4) is 0 Å². The largest absolute Gasteiger partial charge is 3.00 e. The molecule has 0 heterocycles. The molecule has 0 aliphatic heterocycles. The quantitative estimate of drug-likeness (QED) is 0.572. The Kier molecular flexibility index (Phi) is 5.72. The van der Waals surface area contributed by atoms with Gasteiger partial charge in [-0.25, -0.2) is 0 Å². The Hall–Kier alpha value is -0.492. The van der Waals surface area contributed by atoms with Crippen LogP contribution < -0.4 is 4.48 Å². The second-order valence-corrected chi connectivity index (χ2v) is 5.24. The van der Waals surface area contributed by atoms with E-state index in [1.165, 1.54) is 11.3 Å². The third-order valence-electron chi connectivity index (χ3n) is 2.95. The van der Waals surface area contributed by atoms with E-state index in [1.807, 2.05) is 18.2 Å². The van der Waals surface area contributed by atoms with Crippen LogP contribution in [0, 0.1) is 0 Å². The zero-order valence-corrected chi connectivity index (χ0v) is 14.0. The van der Waals surface area contributed by atoms with Gasteiger partial charge in [0.15, 0.2) is 0 Å². The van der Waals surface area contributed by atoms with Crippen molar-refractivity contribution in [2.75, 3.05) is 14.1 Å². The summed E-state index contributed by atoms with van der Waals surface area (Å²) < 4.78 is 0.836. The van der Waals surface area contributed by atoms with Gasteiger partial charge in [0.1, 0.15) is 12.2 Å². The Bertz CT molecular complexity index is 480. The fourth-order valence-corrected chi connectivity index (χ4v) is 2.10. The van der Waals surface area contributed by atoms with E-state index in [1.54, 1.807) is 0 Å². The molecule has 0 unspecified atom stereocenters. The van der Waals surface area contributed by atoms with E-state index < -0.39 is 0 Å². The van der Waals surface area contributed by atoms with Gasteiger partial charge in [0, 0.05) is 10.6 Å². The summed E-state index contributed by atoms with van der Waals surface area (Å²) in [7, 11) is 4.42. The number of rotatable bonds is 3. The molecule has 0 aromatic heterocycles. The standard InChI is InChI=1S/C15H17ClN.Sb/c1-17(2,15-6-4-3-5-7-15)12-13-8-10-14(16)11-9-13;/h3-11H,12H2,1-2H3;/q+1;+3. The first-order valence-electron chi connectivity index (χ1n) is 5.71. The van der Waals surface area contributed by atoms with Crippen molar-refractivity contribution >= 4 is 41.7 Å². The summed E-state index contributed by atoms with van der Waals surface area (Å²) >= 11 is 5.89. The second-order valence-electron chi connectivity index (χ2n) is 4.81. The number of para-hydroxylation sites is 1. The zero-order chi connectivity index (χ0) is 12.3. The molecule has 0 bridgehead atoms. The number of hydrogen-bond donors (Lipinski definition) is 0. The van der Waals surface area contributed by atoms with Gasteiger partial charge in [-0.1, -0.05) is 41.9 Å². The maximum Gasteiger partial charge on any atom is 3.00 e. The van der Waals surface area contributed by atoms with Gasteiger partial charge in [-0.2, -0.15) is 0 Å². The van der Waals surface area contributed by atoms with E-state index in [0.717, 1.165) is 16.1 Å². The first-order chi connectivity index (χ1) is 8.08. The topological polar surface area (TPSA) is 0 Å². The smallest absolute Gasteiger partial charge is 0.292 e. The molecule has 0 aliphatic carbocycles. The molecule has 0 saturated heterocycles. The Morgan fingerprint density at radius 2 is 1.44 bits per heavy atom. The van der Waals surface area contributed by atoms with Crippen LogP contribution in [0.5, 0.6) is 0 Å². The first-order valence-corrected chi connectivity index (χ1v) is 6.09. The predicted octanol–water partition coefficient (Wildman–Crippen LogP) is 3.73. The molecule has 18 heavy (non-hydrogen) atoms. The van der Waals surface area contributed by atoms with Crippen molar-refractivity contribution in [1.82, 2.24) is 4.48 Å². The van der Waals surface area contributed by atoms with Crippen molar-refractivity contribution in [3.8, 4) is 0 Å². The van der Waals surface area contributed by atoms with Gasteiger partial charge in [-0.15, -0.1) is 0 Å². The number of nitrogens with zero attached hydrogens (tertiary/aromatic N) is 1. The summed E-state index contributed by atoms with van der Waals surface area (Å²) in [4.78, 5) is 0. The number of hydrogen-bond acceptors (Lipinski definition) is 0. The van der Waals surface area contributed by atoms with E-state index in [0.29, 0.717) is 0 Å². The Morgan fingerprint density at radius 3 is 2.00 bits per heavy atom. The van der Waals surface area contributed by atoms with Gasteiger partial charge >= 0.3 is 24.4 Å². The number of benzene rings is 2. The van der Waals surface area contributed by atoms with Crippen LogP contribution >= 0.6 is 11.6 Å². The molecule has 2 radical (unpaired) electrons. The van der Waals surface area contributed by atoms with E-state index >= 15 is 0 Å². The minimum absolute atomic E-state index is 0. The van der Waals surface area contributed by atoms with Gasteiger partial charge in [0.2, 0.25) is 0 Å². The fourth-order valence-electron chi connectivity index (χ4n) is 1.97. The van der Waals surface area contributed by atoms with Crippen molar-refractivity contribution in [3.05, 3.63) is 65.2 Å². The summed E-state index contributed by atoms with van der Waals surface area (Å²) in [5, 5.41) is 0.791. The van der Waals surface area contributed by atoms with Crippen molar-refractivity contribution in [1.29, 1.82) is 0 Å². The molecule has 0 saturated carbocycles. The molecular weight excluding hydrogens is 351 g/mol. The van der Waals surface area contributed by atoms with Crippen LogP contribution in [0.1, 0.15) is 5.56 Å². The molecule has 90 valence electrons. The van der Waals surface area contributed by atoms with Crippen molar-refractivity contribution in [2.24, 2.45) is 0 Å². The SMILES string of the molecule is C[N+](C)(Cc1ccc(Cl)cc1)c1ccccc1.[Sb+3]. The van der Waals surface area contributed by atoms with Crippen LogP contribution in [0.25, 0.3) is 0 Å². The molecule has 0 amide bonds. The third kappa shape index (κ3) is 4.02. The number of halogens is 1. The summed E-state index contributed by atoms with van der Waals surface area (Å²) in [5.41, 5.74) is 2.60. The van der Waals surface area contributed by atoms with Gasteiger partial charge in [0.25, 0.3) is 0 Å². The Balaban J connectivity index is 0.00000162. The fraction of sp³-hybridized carbons (Fsp3) is 0.200. The van der Waals surface area contributed by atoms with Crippen LogP contribution in [0.15, 0.2) is 54.6 Å². The molecule has 0 spiro atoms. The van der Waals surface area contributed by atoms with Crippen molar-refractivity contribution < 1.29 is 0 Å². The summed E-state index contributed by atoms with van der Waals surface area (Å²) in [6, 6.07) is 18.6. The third-order valence-corrected chi connectivity index (χ3v) is 3.20. The maximum atomic E-state index is 5.89. The molecule has 2 aromatic carbocycles. The average Bonchev–Trinajstić information content (AvgIpc) is 2.33. The molecule has 3 heteroatoms. The normalized spacial score (nSPS) is 10.8. The van der Waals surface area contributed by atoms with Crippen LogP contribution in [-0.2, 0) is 6.54 Å². The molecule has 0 aliphatic rings. The van der Waals surface area contributed by atoms with Crippen molar-refractivity contribution in [2.45, 2.75) is 6.54 Å². The molecule has 2 rings (SSSR count). The summed E-state index contributed by atoms with van der Waals surface area (Å²) in [6.45, 7) is 0.960. The van der Waals surface area contributed by atoms with Crippen LogP contribution in [0.4, 0.5) is 5.69 Å². The molecule has 1 nitrogen and oxygen atoms in total. The first kappa shape index (κ1) is 15.6. The minimum Gasteiger partial charge on any atom is -0.292 e. The molecule has 2 aromatic rings. The Morgan fingerprint density at radius 1 is 0.889 bits per heavy atom. The van der Waals surface area contributed by atoms with E-state index in [4.69, 9.17) is 11.6 Å².